The lowest BCUT2D eigenvalue weighted by Gasteiger charge is -2.12. The molecule has 1 aliphatic carbocycles. The average Bonchev–Trinajstić information content (AvgIpc) is 3.37. The Morgan fingerprint density at radius 1 is 0.767 bits per heavy atom. The van der Waals surface area contributed by atoms with Crippen LogP contribution in [-0.4, -0.2) is 4.98 Å². The topological polar surface area (TPSA) is 28.9 Å². The second-order valence-corrected chi connectivity index (χ2v) is 7.90. The van der Waals surface area contributed by atoms with Gasteiger partial charge in [-0.05, 0) is 29.3 Å². The largest absolute Gasteiger partial charge is 0.456 e. The van der Waals surface area contributed by atoms with Gasteiger partial charge in [0.25, 0.3) is 0 Å². The van der Waals surface area contributed by atoms with Crippen LogP contribution in [0.3, 0.4) is 0 Å². The number of nitrogens with one attached hydrogen (secondary N) is 1. The van der Waals surface area contributed by atoms with Gasteiger partial charge in [-0.15, -0.1) is 0 Å². The summed E-state index contributed by atoms with van der Waals surface area (Å²) in [4.78, 5) is 3.70. The fourth-order valence-electron chi connectivity index (χ4n) is 4.65. The highest BCUT2D eigenvalue weighted by atomic mass is 16.3. The Balaban J connectivity index is 1.65. The third kappa shape index (κ3) is 2.57. The highest BCUT2D eigenvalue weighted by molar-refractivity contribution is 5.99. The van der Waals surface area contributed by atoms with E-state index in [4.69, 9.17) is 4.42 Å². The van der Waals surface area contributed by atoms with Crippen molar-refractivity contribution in [1.29, 1.82) is 0 Å². The molecule has 30 heavy (non-hydrogen) atoms. The molecule has 2 nitrogen and oxygen atoms in total. The summed E-state index contributed by atoms with van der Waals surface area (Å²) in [5.41, 5.74) is 8.37. The molecule has 0 aliphatic heterocycles. The Kier molecular flexibility index (Phi) is 3.78. The molecular formula is C28H21NO. The van der Waals surface area contributed by atoms with Crippen molar-refractivity contribution in [3.8, 4) is 11.3 Å². The molecule has 0 bridgehead atoms. The number of aromatic amines is 1. The van der Waals surface area contributed by atoms with Crippen LogP contribution >= 0.6 is 0 Å². The van der Waals surface area contributed by atoms with Crippen LogP contribution in [0.5, 0.6) is 0 Å². The summed E-state index contributed by atoms with van der Waals surface area (Å²) in [5.74, 6) is 2.07. The van der Waals surface area contributed by atoms with Gasteiger partial charge in [-0.1, -0.05) is 85.8 Å². The summed E-state index contributed by atoms with van der Waals surface area (Å²) < 4.78 is 6.42. The third-order valence-corrected chi connectivity index (χ3v) is 6.12. The smallest absolute Gasteiger partial charge is 0.135 e. The average molecular weight is 387 g/mol. The predicted octanol–water partition coefficient (Wildman–Crippen LogP) is 7.48. The molecule has 1 unspecified atom stereocenters. The molecule has 0 amide bonds. The molecule has 1 aliphatic rings. The standard InChI is InChI=1S/C28H21NO/c1-18-22-16-25(20-12-6-3-7-13-20)30-26(22)17-23(19-10-4-2-5-11-19)28-27(18)21-14-8-9-15-24(21)29-28/h2-18,29H,1H3. The number of furan rings is 1. The van der Waals surface area contributed by atoms with Gasteiger partial charge < -0.3 is 9.40 Å². The third-order valence-electron chi connectivity index (χ3n) is 6.12. The van der Waals surface area contributed by atoms with Crippen molar-refractivity contribution in [3.63, 3.8) is 0 Å². The Bertz CT molecular complexity index is 1390. The van der Waals surface area contributed by atoms with Crippen molar-refractivity contribution in [1.82, 2.24) is 4.98 Å². The molecule has 2 aromatic heterocycles. The molecule has 0 fully saturated rings. The van der Waals surface area contributed by atoms with E-state index in [1.165, 1.54) is 38.9 Å². The van der Waals surface area contributed by atoms with Crippen LogP contribution in [0.25, 0.3) is 33.9 Å². The Labute approximate surface area is 175 Å². The number of benzene rings is 3. The van der Waals surface area contributed by atoms with Crippen LogP contribution in [-0.2, 0) is 0 Å². The minimum atomic E-state index is 0.213. The number of fused-ring (bicyclic) bond motifs is 4. The van der Waals surface area contributed by atoms with Crippen LogP contribution in [0.15, 0.2) is 95.4 Å². The van der Waals surface area contributed by atoms with E-state index >= 15 is 0 Å². The first-order chi connectivity index (χ1) is 14.8. The summed E-state index contributed by atoms with van der Waals surface area (Å²) >= 11 is 0. The van der Waals surface area contributed by atoms with Gasteiger partial charge in [0.1, 0.15) is 11.5 Å². The molecule has 2 heteroatoms. The van der Waals surface area contributed by atoms with Crippen LogP contribution in [0, 0.1) is 0 Å². The second kappa shape index (κ2) is 6.64. The Hall–Kier alpha value is -3.78. The zero-order chi connectivity index (χ0) is 20.1. The zero-order valence-electron chi connectivity index (χ0n) is 16.7. The van der Waals surface area contributed by atoms with Gasteiger partial charge >= 0.3 is 0 Å². The van der Waals surface area contributed by atoms with Gasteiger partial charge in [-0.25, -0.2) is 0 Å². The van der Waals surface area contributed by atoms with Gasteiger partial charge in [0, 0.05) is 33.5 Å². The first kappa shape index (κ1) is 17.1. The maximum absolute atomic E-state index is 6.42. The minimum absolute atomic E-state index is 0.213. The quantitative estimate of drug-likeness (QED) is 0.334. The fourth-order valence-corrected chi connectivity index (χ4v) is 4.65. The van der Waals surface area contributed by atoms with Crippen molar-refractivity contribution in [2.45, 2.75) is 12.8 Å². The van der Waals surface area contributed by atoms with Crippen molar-refractivity contribution in [2.24, 2.45) is 0 Å². The second-order valence-electron chi connectivity index (χ2n) is 7.90. The molecule has 0 saturated heterocycles. The van der Waals surface area contributed by atoms with E-state index in [1.807, 2.05) is 6.07 Å². The molecule has 0 spiro atoms. The highest BCUT2D eigenvalue weighted by Crippen LogP contribution is 2.45. The van der Waals surface area contributed by atoms with E-state index in [0.29, 0.717) is 0 Å². The van der Waals surface area contributed by atoms with Gasteiger partial charge in [0.05, 0.1) is 5.69 Å². The fraction of sp³-hybridized carbons (Fsp3) is 0.0714. The molecule has 6 rings (SSSR count). The lowest BCUT2D eigenvalue weighted by atomic mass is 9.90. The highest BCUT2D eigenvalue weighted by Gasteiger charge is 2.28. The van der Waals surface area contributed by atoms with E-state index in [9.17, 15) is 0 Å². The van der Waals surface area contributed by atoms with Crippen molar-refractivity contribution in [2.75, 3.05) is 0 Å². The van der Waals surface area contributed by atoms with Crippen LogP contribution < -0.4 is 0 Å². The van der Waals surface area contributed by atoms with Crippen molar-refractivity contribution in [3.05, 3.63) is 119 Å². The zero-order valence-corrected chi connectivity index (χ0v) is 16.7. The first-order valence-electron chi connectivity index (χ1n) is 10.4. The van der Waals surface area contributed by atoms with Gasteiger partial charge in [0.2, 0.25) is 0 Å². The lowest BCUT2D eigenvalue weighted by Crippen LogP contribution is -1.97. The molecule has 0 radical (unpaired) electrons. The SMILES string of the molecule is CC1c2cc(-c3ccccc3)oc2C=C(c2ccccc2)c2[nH]c3ccccc3c21. The Morgan fingerprint density at radius 2 is 1.43 bits per heavy atom. The number of aromatic nitrogens is 1. The van der Waals surface area contributed by atoms with Gasteiger partial charge in [0.15, 0.2) is 0 Å². The van der Waals surface area contributed by atoms with E-state index in [-0.39, 0.29) is 5.92 Å². The molecule has 144 valence electrons. The van der Waals surface area contributed by atoms with E-state index in [1.54, 1.807) is 0 Å². The summed E-state index contributed by atoms with van der Waals surface area (Å²) in [7, 11) is 0. The number of H-pyrrole nitrogens is 1. The monoisotopic (exact) mass is 387 g/mol. The predicted molar refractivity (Wildman–Crippen MR) is 123 cm³/mol. The number of hydrogen-bond donors (Lipinski definition) is 1. The van der Waals surface area contributed by atoms with E-state index in [2.05, 4.69) is 103 Å². The number of hydrogen-bond acceptors (Lipinski definition) is 1. The van der Waals surface area contributed by atoms with Crippen LogP contribution in [0.4, 0.5) is 0 Å². The maximum atomic E-state index is 6.42. The first-order valence-corrected chi connectivity index (χ1v) is 10.4. The molecule has 0 saturated carbocycles. The lowest BCUT2D eigenvalue weighted by molar-refractivity contribution is 0.567. The number of para-hydroxylation sites is 1. The van der Waals surface area contributed by atoms with E-state index < -0.39 is 0 Å². The Morgan fingerprint density at radius 3 is 2.20 bits per heavy atom. The normalized spacial score (nSPS) is 15.4. The molecular weight excluding hydrogens is 366 g/mol. The maximum Gasteiger partial charge on any atom is 0.135 e. The van der Waals surface area contributed by atoms with Gasteiger partial charge in [-0.3, -0.25) is 0 Å². The van der Waals surface area contributed by atoms with E-state index in [0.717, 1.165) is 17.1 Å². The summed E-state index contributed by atoms with van der Waals surface area (Å²) in [5, 5.41) is 1.28. The molecule has 1 N–H and O–H groups in total. The minimum Gasteiger partial charge on any atom is -0.456 e. The van der Waals surface area contributed by atoms with Crippen LogP contribution in [0.1, 0.15) is 41.0 Å². The summed E-state index contributed by atoms with van der Waals surface area (Å²) in [6.07, 6.45) is 2.20. The van der Waals surface area contributed by atoms with Crippen molar-refractivity contribution < 1.29 is 4.42 Å². The summed E-state index contributed by atoms with van der Waals surface area (Å²) in [6, 6.07) is 31.7. The molecule has 5 aromatic rings. The summed E-state index contributed by atoms with van der Waals surface area (Å²) in [6.45, 7) is 2.28. The molecule has 1 atom stereocenters. The van der Waals surface area contributed by atoms with Crippen molar-refractivity contribution >= 4 is 22.6 Å². The molecule has 3 aromatic carbocycles. The number of rotatable bonds is 2. The molecule has 2 heterocycles. The van der Waals surface area contributed by atoms with Crippen LogP contribution in [0.2, 0.25) is 0 Å². The van der Waals surface area contributed by atoms with Gasteiger partial charge in [-0.2, -0.15) is 0 Å².